The van der Waals surface area contributed by atoms with Gasteiger partial charge >= 0.3 is 0 Å². The number of thioether (sulfide) groups is 1. The first-order chi connectivity index (χ1) is 14.3. The number of carbonyl (C=O) groups excluding carboxylic acids is 1. The summed E-state index contributed by atoms with van der Waals surface area (Å²) >= 11 is 1.30. The van der Waals surface area contributed by atoms with Crippen molar-refractivity contribution in [1.29, 1.82) is 0 Å². The van der Waals surface area contributed by atoms with E-state index in [1.807, 2.05) is 37.3 Å². The molecule has 0 aliphatic carbocycles. The van der Waals surface area contributed by atoms with Gasteiger partial charge in [-0.1, -0.05) is 18.2 Å². The van der Waals surface area contributed by atoms with Crippen LogP contribution in [0.1, 0.15) is 24.9 Å². The third-order valence-electron chi connectivity index (χ3n) is 4.03. The summed E-state index contributed by atoms with van der Waals surface area (Å²) in [6.45, 7) is 3.54. The Kier molecular flexibility index (Phi) is 6.78. The molecule has 2 atom stereocenters. The van der Waals surface area contributed by atoms with Gasteiger partial charge in [0.2, 0.25) is 17.8 Å². The number of nitrogen functional groups attached to an aromatic ring is 1. The lowest BCUT2D eigenvalue weighted by Gasteiger charge is -2.17. The molecule has 1 heterocycles. The number of halogens is 2. The fourth-order valence-corrected chi connectivity index (χ4v) is 3.57. The molecule has 3 aromatic rings. The van der Waals surface area contributed by atoms with Crippen molar-refractivity contribution in [2.45, 2.75) is 24.3 Å². The van der Waals surface area contributed by atoms with Crippen molar-refractivity contribution >= 4 is 40.9 Å². The van der Waals surface area contributed by atoms with Crippen LogP contribution < -0.4 is 16.4 Å². The molecule has 7 nitrogen and oxygen atoms in total. The maximum Gasteiger partial charge on any atom is 0.237 e. The number of amides is 1. The van der Waals surface area contributed by atoms with E-state index in [0.717, 1.165) is 17.8 Å². The molecule has 0 spiro atoms. The molecule has 1 amide bonds. The molecule has 0 saturated heterocycles. The molecule has 2 unspecified atom stereocenters. The van der Waals surface area contributed by atoms with E-state index in [1.165, 1.54) is 17.8 Å². The Hall–Kier alpha value is -3.27. The number of carbonyl (C=O) groups is 1. The number of anilines is 4. The summed E-state index contributed by atoms with van der Waals surface area (Å²) in [5, 5.41) is 4.83. The lowest BCUT2D eigenvalue weighted by molar-refractivity contribution is -0.115. The second kappa shape index (κ2) is 9.49. The Bertz CT molecular complexity index is 1040. The van der Waals surface area contributed by atoms with Crippen LogP contribution in [0.4, 0.5) is 32.1 Å². The number of rotatable bonds is 7. The standard InChI is InChI=1S/C20H20F2N6OS/c1-11(30-12(2)18(29)24-14-8-9-15(21)16(22)10-14)17-26-19(23)28-20(27-17)25-13-6-4-3-5-7-13/h3-12H,1-2H3,(H,24,29)(H3,23,25,26,27,28). The van der Waals surface area contributed by atoms with Gasteiger partial charge in [-0.2, -0.15) is 15.0 Å². The number of aromatic nitrogens is 3. The topological polar surface area (TPSA) is 106 Å². The van der Waals surface area contributed by atoms with Crippen molar-refractivity contribution in [2.75, 3.05) is 16.4 Å². The van der Waals surface area contributed by atoms with Crippen LogP contribution in [0.15, 0.2) is 48.5 Å². The highest BCUT2D eigenvalue weighted by Gasteiger charge is 2.21. The molecule has 156 valence electrons. The normalized spacial score (nSPS) is 12.8. The smallest absolute Gasteiger partial charge is 0.237 e. The highest BCUT2D eigenvalue weighted by molar-refractivity contribution is 8.00. The van der Waals surface area contributed by atoms with E-state index in [9.17, 15) is 13.6 Å². The Morgan fingerprint density at radius 1 is 1.00 bits per heavy atom. The van der Waals surface area contributed by atoms with Gasteiger partial charge in [-0.3, -0.25) is 4.79 Å². The number of para-hydroxylation sites is 1. The van der Waals surface area contributed by atoms with Gasteiger partial charge in [-0.05, 0) is 38.1 Å². The predicted octanol–water partition coefficient (Wildman–Crippen LogP) is 4.30. The first kappa shape index (κ1) is 21.4. The van der Waals surface area contributed by atoms with Gasteiger partial charge in [0.25, 0.3) is 0 Å². The van der Waals surface area contributed by atoms with E-state index in [2.05, 4.69) is 25.6 Å². The SMILES string of the molecule is CC(SC(C)c1nc(N)nc(Nc2ccccc2)n1)C(=O)Nc1ccc(F)c(F)c1. The Morgan fingerprint density at radius 3 is 2.43 bits per heavy atom. The number of nitrogens with one attached hydrogen (secondary N) is 2. The molecular formula is C20H20F2N6OS. The molecule has 30 heavy (non-hydrogen) atoms. The van der Waals surface area contributed by atoms with E-state index in [4.69, 9.17) is 5.73 Å². The number of hydrogen-bond acceptors (Lipinski definition) is 7. The average molecular weight is 430 g/mol. The van der Waals surface area contributed by atoms with Crippen molar-refractivity contribution in [3.05, 3.63) is 66.0 Å². The monoisotopic (exact) mass is 430 g/mol. The van der Waals surface area contributed by atoms with Crippen molar-refractivity contribution in [2.24, 2.45) is 0 Å². The zero-order chi connectivity index (χ0) is 21.7. The lowest BCUT2D eigenvalue weighted by atomic mass is 10.3. The van der Waals surface area contributed by atoms with Crippen molar-refractivity contribution in [1.82, 2.24) is 15.0 Å². The fraction of sp³-hybridized carbons (Fsp3) is 0.200. The van der Waals surface area contributed by atoms with E-state index in [1.54, 1.807) is 6.92 Å². The largest absolute Gasteiger partial charge is 0.368 e. The summed E-state index contributed by atoms with van der Waals surface area (Å²) in [7, 11) is 0. The van der Waals surface area contributed by atoms with Crippen LogP contribution in [0.2, 0.25) is 0 Å². The summed E-state index contributed by atoms with van der Waals surface area (Å²) in [6.07, 6.45) is 0. The summed E-state index contributed by atoms with van der Waals surface area (Å²) < 4.78 is 26.4. The number of benzene rings is 2. The zero-order valence-corrected chi connectivity index (χ0v) is 17.1. The third kappa shape index (κ3) is 5.63. The van der Waals surface area contributed by atoms with Crippen molar-refractivity contribution in [3.63, 3.8) is 0 Å². The first-order valence-corrected chi connectivity index (χ1v) is 10.0. The lowest BCUT2D eigenvalue weighted by Crippen LogP contribution is -2.23. The minimum atomic E-state index is -1.03. The Balaban J connectivity index is 1.66. The quantitative estimate of drug-likeness (QED) is 0.513. The van der Waals surface area contributed by atoms with Crippen LogP contribution in [-0.2, 0) is 4.79 Å². The molecule has 2 aromatic carbocycles. The summed E-state index contributed by atoms with van der Waals surface area (Å²) in [4.78, 5) is 25.1. The number of nitrogens with zero attached hydrogens (tertiary/aromatic N) is 3. The minimum absolute atomic E-state index is 0.0600. The van der Waals surface area contributed by atoms with Crippen LogP contribution in [-0.4, -0.2) is 26.1 Å². The maximum absolute atomic E-state index is 13.3. The molecule has 0 saturated carbocycles. The second-order valence-electron chi connectivity index (χ2n) is 6.41. The van der Waals surface area contributed by atoms with Crippen molar-refractivity contribution in [3.8, 4) is 0 Å². The van der Waals surface area contributed by atoms with Gasteiger partial charge in [0, 0.05) is 17.4 Å². The molecule has 3 rings (SSSR count). The van der Waals surface area contributed by atoms with E-state index in [-0.39, 0.29) is 22.8 Å². The number of nitrogens with two attached hydrogens (primary N) is 1. The molecule has 0 bridgehead atoms. The van der Waals surface area contributed by atoms with Crippen LogP contribution in [0, 0.1) is 11.6 Å². The molecule has 10 heteroatoms. The van der Waals surface area contributed by atoms with Gasteiger partial charge in [-0.15, -0.1) is 11.8 Å². The van der Waals surface area contributed by atoms with Crippen molar-refractivity contribution < 1.29 is 13.6 Å². The van der Waals surface area contributed by atoms with Crippen LogP contribution in [0.25, 0.3) is 0 Å². The summed E-state index contributed by atoms with van der Waals surface area (Å²) in [6, 6.07) is 12.6. The average Bonchev–Trinajstić information content (AvgIpc) is 2.71. The van der Waals surface area contributed by atoms with Gasteiger partial charge in [-0.25, -0.2) is 8.78 Å². The minimum Gasteiger partial charge on any atom is -0.368 e. The van der Waals surface area contributed by atoms with Gasteiger partial charge < -0.3 is 16.4 Å². The zero-order valence-electron chi connectivity index (χ0n) is 16.3. The molecule has 0 aliphatic heterocycles. The van der Waals surface area contributed by atoms with Gasteiger partial charge in [0.1, 0.15) is 5.82 Å². The highest BCUT2D eigenvalue weighted by Crippen LogP contribution is 2.31. The van der Waals surface area contributed by atoms with E-state index >= 15 is 0 Å². The predicted molar refractivity (Wildman–Crippen MR) is 114 cm³/mol. The van der Waals surface area contributed by atoms with Crippen LogP contribution in [0.5, 0.6) is 0 Å². The molecule has 0 aliphatic rings. The van der Waals surface area contributed by atoms with E-state index in [0.29, 0.717) is 11.8 Å². The molecule has 4 N–H and O–H groups in total. The third-order valence-corrected chi connectivity index (χ3v) is 5.27. The molecule has 0 radical (unpaired) electrons. The van der Waals surface area contributed by atoms with Gasteiger partial charge in [0.05, 0.1) is 10.5 Å². The Labute approximate surface area is 176 Å². The molecule has 1 aromatic heterocycles. The van der Waals surface area contributed by atoms with Crippen LogP contribution >= 0.6 is 11.8 Å². The Morgan fingerprint density at radius 2 is 1.73 bits per heavy atom. The van der Waals surface area contributed by atoms with E-state index < -0.39 is 16.9 Å². The molecular weight excluding hydrogens is 410 g/mol. The second-order valence-corrected chi connectivity index (χ2v) is 8.09. The first-order valence-electron chi connectivity index (χ1n) is 9.06. The fourth-order valence-electron chi connectivity index (χ4n) is 2.54. The number of hydrogen-bond donors (Lipinski definition) is 3. The summed E-state index contributed by atoms with van der Waals surface area (Å²) in [5.41, 5.74) is 6.79. The summed E-state index contributed by atoms with van der Waals surface area (Å²) in [5.74, 6) is -1.59. The molecule has 0 fully saturated rings. The highest BCUT2D eigenvalue weighted by atomic mass is 32.2. The maximum atomic E-state index is 13.3. The van der Waals surface area contributed by atoms with Crippen LogP contribution in [0.3, 0.4) is 0 Å². The van der Waals surface area contributed by atoms with Gasteiger partial charge in [0.15, 0.2) is 11.6 Å².